The number of anilines is 1. The zero-order chi connectivity index (χ0) is 13.5. The summed E-state index contributed by atoms with van der Waals surface area (Å²) in [4.78, 5) is 11.5. The summed E-state index contributed by atoms with van der Waals surface area (Å²) >= 11 is 5.15. The Labute approximate surface area is 113 Å². The molecule has 1 rings (SSSR count). The summed E-state index contributed by atoms with van der Waals surface area (Å²) in [6, 6.07) is 7.53. The monoisotopic (exact) mass is 265 g/mol. The van der Waals surface area contributed by atoms with E-state index in [1.165, 1.54) is 5.56 Å². The zero-order valence-electron chi connectivity index (χ0n) is 10.9. The Bertz CT molecular complexity index is 417. The lowest BCUT2D eigenvalue weighted by molar-refractivity contribution is -0.122. The predicted octanol–water partition coefficient (Wildman–Crippen LogP) is 1.81. The number of benzene rings is 1. The molecule has 1 amide bonds. The van der Waals surface area contributed by atoms with Gasteiger partial charge in [-0.15, -0.1) is 0 Å². The molecule has 1 atom stereocenters. The van der Waals surface area contributed by atoms with Crippen LogP contribution in [0, 0.1) is 6.92 Å². The topological polar surface area (TPSA) is 53.2 Å². The molecular weight excluding hydrogens is 246 g/mol. The van der Waals surface area contributed by atoms with Gasteiger partial charge in [0, 0.05) is 12.2 Å². The van der Waals surface area contributed by atoms with Crippen LogP contribution < -0.4 is 16.0 Å². The van der Waals surface area contributed by atoms with Gasteiger partial charge in [0.05, 0.1) is 0 Å². The number of amides is 1. The first-order chi connectivity index (χ1) is 8.52. The fourth-order valence-corrected chi connectivity index (χ4v) is 1.69. The molecule has 0 saturated heterocycles. The minimum absolute atomic E-state index is 0.0643. The minimum Gasteiger partial charge on any atom is -0.355 e. The molecule has 18 heavy (non-hydrogen) atoms. The number of carbonyl (C=O) groups is 1. The largest absolute Gasteiger partial charge is 0.355 e. The van der Waals surface area contributed by atoms with Gasteiger partial charge in [0.2, 0.25) is 5.91 Å². The van der Waals surface area contributed by atoms with Crippen molar-refractivity contribution < 1.29 is 4.79 Å². The van der Waals surface area contributed by atoms with Gasteiger partial charge in [0.25, 0.3) is 0 Å². The van der Waals surface area contributed by atoms with Crippen LogP contribution in [0.5, 0.6) is 0 Å². The second-order valence-corrected chi connectivity index (χ2v) is 4.49. The predicted molar refractivity (Wildman–Crippen MR) is 78.7 cm³/mol. The number of nitrogens with one attached hydrogen (secondary N) is 3. The SMILES string of the molecule is CCNC(=O)[C@@H](C)NC(=S)Nc1ccc(C)cc1. The molecule has 4 nitrogen and oxygen atoms in total. The van der Waals surface area contributed by atoms with Gasteiger partial charge < -0.3 is 16.0 Å². The molecular formula is C13H19N3OS. The lowest BCUT2D eigenvalue weighted by atomic mass is 10.2. The molecule has 1 aromatic carbocycles. The van der Waals surface area contributed by atoms with E-state index in [2.05, 4.69) is 16.0 Å². The van der Waals surface area contributed by atoms with Crippen LogP contribution in [0.2, 0.25) is 0 Å². The number of carbonyl (C=O) groups excluding carboxylic acids is 1. The highest BCUT2D eigenvalue weighted by Crippen LogP contribution is 2.08. The maximum Gasteiger partial charge on any atom is 0.242 e. The molecule has 0 aromatic heterocycles. The van der Waals surface area contributed by atoms with Crippen molar-refractivity contribution in [3.8, 4) is 0 Å². The first-order valence-corrected chi connectivity index (χ1v) is 6.35. The molecule has 0 aliphatic heterocycles. The summed E-state index contributed by atoms with van der Waals surface area (Å²) in [7, 11) is 0. The molecule has 0 unspecified atom stereocenters. The van der Waals surface area contributed by atoms with E-state index in [-0.39, 0.29) is 11.9 Å². The maximum atomic E-state index is 11.5. The standard InChI is InChI=1S/C13H19N3OS/c1-4-14-12(17)10(3)15-13(18)16-11-7-5-9(2)6-8-11/h5-8,10H,4H2,1-3H3,(H,14,17)(H2,15,16,18)/t10-/m1/s1. The normalized spacial score (nSPS) is 11.5. The van der Waals surface area contributed by atoms with Gasteiger partial charge in [-0.3, -0.25) is 4.79 Å². The second kappa shape index (κ2) is 6.96. The molecule has 0 bridgehead atoms. The van der Waals surface area contributed by atoms with Crippen molar-refractivity contribution in [3.63, 3.8) is 0 Å². The van der Waals surface area contributed by atoms with Gasteiger partial charge >= 0.3 is 0 Å². The summed E-state index contributed by atoms with van der Waals surface area (Å²) in [6.45, 7) is 6.29. The first kappa shape index (κ1) is 14.4. The van der Waals surface area contributed by atoms with Gasteiger partial charge in [-0.25, -0.2) is 0 Å². The Kier molecular flexibility index (Phi) is 5.58. The van der Waals surface area contributed by atoms with Crippen molar-refractivity contribution >= 4 is 28.9 Å². The smallest absolute Gasteiger partial charge is 0.242 e. The number of thiocarbonyl (C=S) groups is 1. The van der Waals surface area contributed by atoms with Crippen LogP contribution in [0.25, 0.3) is 0 Å². The quantitative estimate of drug-likeness (QED) is 0.727. The fraction of sp³-hybridized carbons (Fsp3) is 0.385. The number of aryl methyl sites for hydroxylation is 1. The summed E-state index contributed by atoms with van der Waals surface area (Å²) in [5.41, 5.74) is 2.09. The van der Waals surface area contributed by atoms with Crippen LogP contribution in [0.1, 0.15) is 19.4 Å². The Morgan fingerprint density at radius 1 is 1.33 bits per heavy atom. The first-order valence-electron chi connectivity index (χ1n) is 5.94. The van der Waals surface area contributed by atoms with Crippen LogP contribution in [-0.4, -0.2) is 23.6 Å². The Morgan fingerprint density at radius 2 is 1.94 bits per heavy atom. The van der Waals surface area contributed by atoms with E-state index in [9.17, 15) is 4.79 Å². The van der Waals surface area contributed by atoms with Gasteiger partial charge in [0.1, 0.15) is 6.04 Å². The van der Waals surface area contributed by atoms with Crippen molar-refractivity contribution in [2.24, 2.45) is 0 Å². The average molecular weight is 265 g/mol. The van der Waals surface area contributed by atoms with Crippen LogP contribution in [-0.2, 0) is 4.79 Å². The van der Waals surface area contributed by atoms with E-state index in [0.717, 1.165) is 5.69 Å². The summed E-state index contributed by atoms with van der Waals surface area (Å²) in [5.74, 6) is -0.0643. The van der Waals surface area contributed by atoms with Crippen LogP contribution in [0.4, 0.5) is 5.69 Å². The van der Waals surface area contributed by atoms with Crippen molar-refractivity contribution in [2.45, 2.75) is 26.8 Å². The molecule has 98 valence electrons. The molecule has 0 fully saturated rings. The molecule has 0 spiro atoms. The van der Waals surface area contributed by atoms with E-state index in [1.807, 2.05) is 38.1 Å². The van der Waals surface area contributed by atoms with Crippen molar-refractivity contribution in [2.75, 3.05) is 11.9 Å². The van der Waals surface area contributed by atoms with Gasteiger partial charge in [-0.05, 0) is 45.1 Å². The minimum atomic E-state index is -0.351. The van der Waals surface area contributed by atoms with Gasteiger partial charge in [0.15, 0.2) is 5.11 Å². The Morgan fingerprint density at radius 3 is 2.50 bits per heavy atom. The molecule has 0 saturated carbocycles. The van der Waals surface area contributed by atoms with Crippen LogP contribution in [0.15, 0.2) is 24.3 Å². The van der Waals surface area contributed by atoms with E-state index in [1.54, 1.807) is 6.92 Å². The maximum absolute atomic E-state index is 11.5. The van der Waals surface area contributed by atoms with E-state index in [0.29, 0.717) is 11.7 Å². The summed E-state index contributed by atoms with van der Waals surface area (Å²) in [5, 5.41) is 9.15. The second-order valence-electron chi connectivity index (χ2n) is 4.08. The third-order valence-electron chi connectivity index (χ3n) is 2.40. The van der Waals surface area contributed by atoms with E-state index < -0.39 is 0 Å². The zero-order valence-corrected chi connectivity index (χ0v) is 11.7. The van der Waals surface area contributed by atoms with Crippen molar-refractivity contribution in [1.29, 1.82) is 0 Å². The highest BCUT2D eigenvalue weighted by molar-refractivity contribution is 7.80. The molecule has 3 N–H and O–H groups in total. The fourth-order valence-electron chi connectivity index (χ4n) is 1.39. The number of hydrogen-bond acceptors (Lipinski definition) is 2. The number of likely N-dealkylation sites (N-methyl/N-ethyl adjacent to an activating group) is 1. The van der Waals surface area contributed by atoms with Crippen LogP contribution in [0.3, 0.4) is 0 Å². The summed E-state index contributed by atoms with van der Waals surface area (Å²) < 4.78 is 0. The van der Waals surface area contributed by atoms with Crippen molar-refractivity contribution in [3.05, 3.63) is 29.8 Å². The molecule has 0 aliphatic rings. The van der Waals surface area contributed by atoms with Gasteiger partial charge in [-0.2, -0.15) is 0 Å². The van der Waals surface area contributed by atoms with Gasteiger partial charge in [-0.1, -0.05) is 17.7 Å². The number of rotatable bonds is 4. The van der Waals surface area contributed by atoms with Crippen LogP contribution >= 0.6 is 12.2 Å². The van der Waals surface area contributed by atoms with Crippen molar-refractivity contribution in [1.82, 2.24) is 10.6 Å². The third kappa shape index (κ3) is 4.71. The lowest BCUT2D eigenvalue weighted by Gasteiger charge is -2.16. The molecule has 0 radical (unpaired) electrons. The van der Waals surface area contributed by atoms with E-state index in [4.69, 9.17) is 12.2 Å². The third-order valence-corrected chi connectivity index (χ3v) is 2.62. The van der Waals surface area contributed by atoms with E-state index >= 15 is 0 Å². The summed E-state index contributed by atoms with van der Waals surface area (Å²) in [6.07, 6.45) is 0. The highest BCUT2D eigenvalue weighted by Gasteiger charge is 2.12. The average Bonchev–Trinajstić information content (AvgIpc) is 2.32. The molecule has 0 heterocycles. The molecule has 5 heteroatoms. The number of hydrogen-bond donors (Lipinski definition) is 3. The molecule has 1 aromatic rings. The highest BCUT2D eigenvalue weighted by atomic mass is 32.1. The molecule has 0 aliphatic carbocycles. The Hall–Kier alpha value is -1.62. The Balaban J connectivity index is 2.46. The lowest BCUT2D eigenvalue weighted by Crippen LogP contribution is -2.46.